The molecule has 1 aliphatic rings. The van der Waals surface area contributed by atoms with Crippen molar-refractivity contribution in [3.05, 3.63) is 114 Å². The molecule has 0 fully saturated rings. The van der Waals surface area contributed by atoms with E-state index >= 15 is 0 Å². The summed E-state index contributed by atoms with van der Waals surface area (Å²) in [7, 11) is 0. The summed E-state index contributed by atoms with van der Waals surface area (Å²) < 4.78 is 7.61. The normalized spacial score (nSPS) is 15.8. The fraction of sp³-hybridized carbons (Fsp3) is 0.233. The van der Waals surface area contributed by atoms with E-state index in [1.54, 1.807) is 11.5 Å². The van der Waals surface area contributed by atoms with Crippen molar-refractivity contribution < 1.29 is 9.53 Å². The van der Waals surface area contributed by atoms with Gasteiger partial charge >= 0.3 is 5.97 Å². The SMILES string of the molecule is CCOC(=O)C1=C(C)N=c2s/c(=C\c3cccc4ccccc34)c(=O)n2[C@@H]1c1ccc(C(C)C)cc1. The lowest BCUT2D eigenvalue weighted by atomic mass is 9.93. The number of carbonyl (C=O) groups is 1. The van der Waals surface area contributed by atoms with Gasteiger partial charge in [-0.3, -0.25) is 9.36 Å². The Morgan fingerprint density at radius 3 is 2.53 bits per heavy atom. The van der Waals surface area contributed by atoms with Gasteiger partial charge in [0.1, 0.15) is 0 Å². The maximum Gasteiger partial charge on any atom is 0.338 e. The van der Waals surface area contributed by atoms with Crippen LogP contribution < -0.4 is 14.9 Å². The molecule has 0 aliphatic carbocycles. The van der Waals surface area contributed by atoms with Gasteiger partial charge in [-0.1, -0.05) is 91.9 Å². The second kappa shape index (κ2) is 9.70. The molecule has 1 atom stereocenters. The fourth-order valence-corrected chi connectivity index (χ4v) is 5.73. The highest BCUT2D eigenvalue weighted by Gasteiger charge is 2.33. The Hall–Kier alpha value is -3.77. The van der Waals surface area contributed by atoms with Crippen molar-refractivity contribution in [2.24, 2.45) is 4.99 Å². The first-order chi connectivity index (χ1) is 17.4. The van der Waals surface area contributed by atoms with E-state index in [9.17, 15) is 9.59 Å². The van der Waals surface area contributed by atoms with Gasteiger partial charge in [-0.05, 0) is 53.3 Å². The summed E-state index contributed by atoms with van der Waals surface area (Å²) in [6, 6.07) is 21.7. The van der Waals surface area contributed by atoms with Crippen LogP contribution in [0.4, 0.5) is 0 Å². The van der Waals surface area contributed by atoms with E-state index in [4.69, 9.17) is 4.74 Å². The maximum absolute atomic E-state index is 13.9. The van der Waals surface area contributed by atoms with E-state index in [2.05, 4.69) is 49.2 Å². The van der Waals surface area contributed by atoms with E-state index in [0.717, 1.165) is 21.9 Å². The Balaban J connectivity index is 1.73. The highest BCUT2D eigenvalue weighted by atomic mass is 32.1. The van der Waals surface area contributed by atoms with Crippen LogP contribution in [-0.4, -0.2) is 17.1 Å². The largest absolute Gasteiger partial charge is 0.463 e. The molecule has 4 aromatic rings. The van der Waals surface area contributed by atoms with E-state index in [0.29, 0.717) is 26.5 Å². The van der Waals surface area contributed by atoms with E-state index < -0.39 is 12.0 Å². The molecule has 6 heteroatoms. The summed E-state index contributed by atoms with van der Waals surface area (Å²) in [4.78, 5) is 32.2. The number of thiazole rings is 1. The molecule has 5 nitrogen and oxygen atoms in total. The van der Waals surface area contributed by atoms with E-state index in [1.807, 2.05) is 49.4 Å². The van der Waals surface area contributed by atoms with Gasteiger partial charge in [0, 0.05) is 0 Å². The maximum atomic E-state index is 13.9. The molecule has 0 unspecified atom stereocenters. The van der Waals surface area contributed by atoms with Crippen LogP contribution in [0.1, 0.15) is 56.3 Å². The van der Waals surface area contributed by atoms with Gasteiger partial charge < -0.3 is 4.74 Å². The van der Waals surface area contributed by atoms with E-state index in [-0.39, 0.29) is 12.2 Å². The highest BCUT2D eigenvalue weighted by Crippen LogP contribution is 2.31. The molecule has 182 valence electrons. The average molecular weight is 497 g/mol. The molecule has 0 bridgehead atoms. The standard InChI is InChI=1S/C30H28N2O3S/c1-5-35-29(34)26-19(4)31-30-32(27(26)22-15-13-20(14-16-22)18(2)3)28(33)25(36-30)17-23-11-8-10-21-9-6-7-12-24(21)23/h6-18,27H,5H2,1-4H3/b25-17-/t27-/m1/s1. The Bertz CT molecular complexity index is 1670. The number of rotatable bonds is 5. The summed E-state index contributed by atoms with van der Waals surface area (Å²) in [6.45, 7) is 8.11. The van der Waals surface area contributed by atoms with Gasteiger partial charge in [0.2, 0.25) is 0 Å². The van der Waals surface area contributed by atoms with Crippen LogP contribution in [0.3, 0.4) is 0 Å². The van der Waals surface area contributed by atoms with Crippen molar-refractivity contribution in [3.8, 4) is 0 Å². The van der Waals surface area contributed by atoms with E-state index in [1.165, 1.54) is 16.9 Å². The van der Waals surface area contributed by atoms with Crippen LogP contribution in [-0.2, 0) is 9.53 Å². The number of esters is 1. The first-order valence-electron chi connectivity index (χ1n) is 12.2. The highest BCUT2D eigenvalue weighted by molar-refractivity contribution is 7.07. The Labute approximate surface area is 213 Å². The summed E-state index contributed by atoms with van der Waals surface area (Å²) in [5.74, 6) is -0.0661. The van der Waals surface area contributed by atoms with Gasteiger partial charge in [0.05, 0.1) is 28.5 Å². The Morgan fingerprint density at radius 1 is 1.08 bits per heavy atom. The summed E-state index contributed by atoms with van der Waals surface area (Å²) in [6.07, 6.45) is 1.93. The molecule has 0 N–H and O–H groups in total. The molecule has 0 saturated carbocycles. The van der Waals surface area contributed by atoms with Crippen molar-refractivity contribution in [3.63, 3.8) is 0 Å². The van der Waals surface area contributed by atoms with Crippen LogP contribution in [0.5, 0.6) is 0 Å². The molecule has 0 spiro atoms. The monoisotopic (exact) mass is 496 g/mol. The minimum absolute atomic E-state index is 0.168. The van der Waals surface area contributed by atoms with Crippen LogP contribution in [0, 0.1) is 0 Å². The zero-order valence-electron chi connectivity index (χ0n) is 20.8. The number of aromatic nitrogens is 1. The molecule has 0 saturated heterocycles. The average Bonchev–Trinajstić information content (AvgIpc) is 3.17. The quantitative estimate of drug-likeness (QED) is 0.362. The van der Waals surface area contributed by atoms with Crippen molar-refractivity contribution >= 4 is 34.2 Å². The number of allylic oxidation sites excluding steroid dienone is 1. The van der Waals surface area contributed by atoms with Crippen molar-refractivity contribution in [2.45, 2.75) is 39.7 Å². The number of nitrogens with zero attached hydrogens (tertiary/aromatic N) is 2. The zero-order valence-corrected chi connectivity index (χ0v) is 21.6. The lowest BCUT2D eigenvalue weighted by Crippen LogP contribution is -2.39. The predicted octanol–water partition coefficient (Wildman–Crippen LogP) is 5.07. The Kier molecular flexibility index (Phi) is 6.46. The number of hydrogen-bond acceptors (Lipinski definition) is 5. The molecule has 0 radical (unpaired) electrons. The summed E-state index contributed by atoms with van der Waals surface area (Å²) >= 11 is 1.34. The molecule has 0 amide bonds. The van der Waals surface area contributed by atoms with Gasteiger partial charge in [-0.2, -0.15) is 0 Å². The fourth-order valence-electron chi connectivity index (χ4n) is 4.69. The second-order valence-corrected chi connectivity index (χ2v) is 10.2. The number of benzene rings is 3. The number of hydrogen-bond donors (Lipinski definition) is 0. The predicted molar refractivity (Wildman–Crippen MR) is 145 cm³/mol. The first kappa shape index (κ1) is 23.9. The minimum atomic E-state index is -0.601. The first-order valence-corrected chi connectivity index (χ1v) is 13.0. The molecule has 36 heavy (non-hydrogen) atoms. The summed E-state index contributed by atoms with van der Waals surface area (Å²) in [5, 5.41) is 2.19. The van der Waals surface area contributed by atoms with Crippen LogP contribution in [0.25, 0.3) is 16.8 Å². The van der Waals surface area contributed by atoms with Crippen molar-refractivity contribution in [2.75, 3.05) is 6.61 Å². The van der Waals surface area contributed by atoms with Crippen LogP contribution in [0.2, 0.25) is 0 Å². The number of ether oxygens (including phenoxy) is 1. The third kappa shape index (κ3) is 4.22. The molecule has 1 aliphatic heterocycles. The lowest BCUT2D eigenvalue weighted by molar-refractivity contribution is -0.139. The van der Waals surface area contributed by atoms with Gasteiger partial charge in [0.25, 0.3) is 5.56 Å². The van der Waals surface area contributed by atoms with Gasteiger partial charge in [0.15, 0.2) is 4.80 Å². The van der Waals surface area contributed by atoms with Gasteiger partial charge in [-0.15, -0.1) is 0 Å². The molecule has 3 aromatic carbocycles. The van der Waals surface area contributed by atoms with Gasteiger partial charge in [-0.25, -0.2) is 9.79 Å². The second-order valence-electron chi connectivity index (χ2n) is 9.19. The zero-order chi connectivity index (χ0) is 25.4. The van der Waals surface area contributed by atoms with Crippen molar-refractivity contribution in [1.82, 2.24) is 4.57 Å². The topological polar surface area (TPSA) is 60.7 Å². The van der Waals surface area contributed by atoms with Crippen LogP contribution in [0.15, 0.2) is 87.8 Å². The Morgan fingerprint density at radius 2 is 1.81 bits per heavy atom. The molecular weight excluding hydrogens is 468 g/mol. The molecule has 2 heterocycles. The summed E-state index contributed by atoms with van der Waals surface area (Å²) in [5.41, 5.74) is 3.83. The van der Waals surface area contributed by atoms with Crippen LogP contribution >= 0.6 is 11.3 Å². The minimum Gasteiger partial charge on any atom is -0.463 e. The lowest BCUT2D eigenvalue weighted by Gasteiger charge is -2.25. The third-order valence-electron chi connectivity index (χ3n) is 6.55. The molecular formula is C30H28N2O3S. The molecule has 1 aromatic heterocycles. The smallest absolute Gasteiger partial charge is 0.338 e. The number of carbonyl (C=O) groups excluding carboxylic acids is 1. The number of fused-ring (bicyclic) bond motifs is 2. The van der Waals surface area contributed by atoms with Crippen molar-refractivity contribution in [1.29, 1.82) is 0 Å². The third-order valence-corrected chi connectivity index (χ3v) is 7.53. The molecule has 5 rings (SSSR count).